The molecule has 2 rings (SSSR count). The Kier molecular flexibility index (Phi) is 5.99. The molecule has 6 nitrogen and oxygen atoms in total. The van der Waals surface area contributed by atoms with E-state index < -0.39 is 12.1 Å². The third kappa shape index (κ3) is 5.30. The molecule has 0 aliphatic heterocycles. The maximum atomic E-state index is 12.1. The minimum atomic E-state index is -0.647. The van der Waals surface area contributed by atoms with E-state index in [2.05, 4.69) is 10.6 Å². The first-order valence-corrected chi connectivity index (χ1v) is 7.95. The van der Waals surface area contributed by atoms with Crippen molar-refractivity contribution in [2.45, 2.75) is 19.0 Å². The summed E-state index contributed by atoms with van der Waals surface area (Å²) >= 11 is 1.47. The summed E-state index contributed by atoms with van der Waals surface area (Å²) in [5, 5.41) is 7.32. The molecule has 3 amide bonds. The Balaban J connectivity index is 1.89. The highest BCUT2D eigenvalue weighted by atomic mass is 32.1. The molecule has 0 aliphatic carbocycles. The normalized spacial score (nSPS) is 11.5. The number of carbonyl (C=O) groups excluding carboxylic acids is 2. The zero-order valence-electron chi connectivity index (χ0n) is 12.7. The Labute approximate surface area is 138 Å². The standard InChI is InChI=1S/C16H19N3O3S/c1-22-12-6-4-11(5-7-12)10-18-15(20)9-13(19-16(17)21)14-3-2-8-23-14/h2-8,13H,9-10H2,1H3,(H,18,20)(H3,17,19,21)/t13-/m1/s1. The van der Waals surface area contributed by atoms with Gasteiger partial charge in [0.2, 0.25) is 5.91 Å². The fourth-order valence-corrected chi connectivity index (χ4v) is 2.86. The van der Waals surface area contributed by atoms with E-state index >= 15 is 0 Å². The number of ether oxygens (including phenoxy) is 1. The fraction of sp³-hybridized carbons (Fsp3) is 0.250. The first-order chi connectivity index (χ1) is 11.1. The number of amides is 3. The molecule has 0 bridgehead atoms. The van der Waals surface area contributed by atoms with Crippen LogP contribution in [0.25, 0.3) is 0 Å². The van der Waals surface area contributed by atoms with Crippen LogP contribution < -0.4 is 21.1 Å². The van der Waals surface area contributed by atoms with E-state index in [-0.39, 0.29) is 12.3 Å². The molecule has 0 saturated heterocycles. The summed E-state index contributed by atoms with van der Waals surface area (Å²) < 4.78 is 5.09. The molecule has 1 aromatic carbocycles. The largest absolute Gasteiger partial charge is 0.497 e. The number of urea groups is 1. The highest BCUT2D eigenvalue weighted by Crippen LogP contribution is 2.22. The number of rotatable bonds is 7. The minimum absolute atomic E-state index is 0.139. The van der Waals surface area contributed by atoms with Gasteiger partial charge in [-0.25, -0.2) is 4.79 Å². The molecule has 7 heteroatoms. The number of nitrogens with two attached hydrogens (primary N) is 1. The molecule has 122 valence electrons. The Morgan fingerprint density at radius 3 is 2.57 bits per heavy atom. The Morgan fingerprint density at radius 2 is 2.00 bits per heavy atom. The Bertz CT molecular complexity index is 641. The van der Waals surface area contributed by atoms with Crippen molar-refractivity contribution in [2.75, 3.05) is 7.11 Å². The van der Waals surface area contributed by atoms with Gasteiger partial charge in [-0.2, -0.15) is 0 Å². The molecule has 1 aromatic heterocycles. The Hall–Kier alpha value is -2.54. The number of hydrogen-bond acceptors (Lipinski definition) is 4. The molecule has 0 radical (unpaired) electrons. The fourth-order valence-electron chi connectivity index (χ4n) is 2.09. The molecule has 0 saturated carbocycles. The lowest BCUT2D eigenvalue weighted by Crippen LogP contribution is -2.36. The van der Waals surface area contributed by atoms with Crippen LogP contribution in [0.5, 0.6) is 5.75 Å². The molecule has 0 spiro atoms. The zero-order chi connectivity index (χ0) is 16.7. The highest BCUT2D eigenvalue weighted by Gasteiger charge is 2.18. The van der Waals surface area contributed by atoms with Gasteiger partial charge in [-0.3, -0.25) is 4.79 Å². The van der Waals surface area contributed by atoms with Gasteiger partial charge in [0, 0.05) is 11.4 Å². The second kappa shape index (κ2) is 8.19. The average molecular weight is 333 g/mol. The Morgan fingerprint density at radius 1 is 1.26 bits per heavy atom. The van der Waals surface area contributed by atoms with Gasteiger partial charge in [-0.1, -0.05) is 18.2 Å². The number of nitrogens with one attached hydrogen (secondary N) is 2. The molecular formula is C16H19N3O3S. The van der Waals surface area contributed by atoms with Gasteiger partial charge in [-0.15, -0.1) is 11.3 Å². The van der Waals surface area contributed by atoms with Crippen LogP contribution in [0.1, 0.15) is 22.9 Å². The summed E-state index contributed by atoms with van der Waals surface area (Å²) in [6.45, 7) is 0.413. The van der Waals surface area contributed by atoms with E-state index in [1.807, 2.05) is 41.8 Å². The van der Waals surface area contributed by atoms with Crippen LogP contribution in [0.4, 0.5) is 4.79 Å². The molecule has 4 N–H and O–H groups in total. The second-order valence-electron chi connectivity index (χ2n) is 4.91. The summed E-state index contributed by atoms with van der Waals surface area (Å²) in [5.41, 5.74) is 6.15. The van der Waals surface area contributed by atoms with E-state index in [1.165, 1.54) is 11.3 Å². The maximum absolute atomic E-state index is 12.1. The van der Waals surface area contributed by atoms with Gasteiger partial charge in [-0.05, 0) is 29.1 Å². The monoisotopic (exact) mass is 333 g/mol. The molecule has 1 heterocycles. The lowest BCUT2D eigenvalue weighted by molar-refractivity contribution is -0.121. The number of carbonyl (C=O) groups is 2. The summed E-state index contributed by atoms with van der Waals surface area (Å²) in [5.74, 6) is 0.608. The van der Waals surface area contributed by atoms with Crippen molar-refractivity contribution in [1.29, 1.82) is 0 Å². The number of hydrogen-bond donors (Lipinski definition) is 3. The van der Waals surface area contributed by atoms with Crippen molar-refractivity contribution >= 4 is 23.3 Å². The summed E-state index contributed by atoms with van der Waals surface area (Å²) in [4.78, 5) is 24.1. The van der Waals surface area contributed by atoms with Gasteiger partial charge < -0.3 is 21.1 Å². The van der Waals surface area contributed by atoms with E-state index in [9.17, 15) is 9.59 Å². The zero-order valence-corrected chi connectivity index (χ0v) is 13.6. The van der Waals surface area contributed by atoms with E-state index in [0.717, 1.165) is 16.2 Å². The van der Waals surface area contributed by atoms with Crippen molar-refractivity contribution in [2.24, 2.45) is 5.73 Å². The van der Waals surface area contributed by atoms with Crippen molar-refractivity contribution in [3.63, 3.8) is 0 Å². The molecule has 0 fully saturated rings. The molecule has 1 atom stereocenters. The molecular weight excluding hydrogens is 314 g/mol. The first-order valence-electron chi connectivity index (χ1n) is 7.07. The number of primary amides is 1. The van der Waals surface area contributed by atoms with Crippen molar-refractivity contribution in [3.05, 3.63) is 52.2 Å². The summed E-state index contributed by atoms with van der Waals surface area (Å²) in [6, 6.07) is 10.1. The van der Waals surface area contributed by atoms with Gasteiger partial charge in [0.05, 0.1) is 19.6 Å². The van der Waals surface area contributed by atoms with Crippen LogP contribution in [0, 0.1) is 0 Å². The maximum Gasteiger partial charge on any atom is 0.312 e. The smallest absolute Gasteiger partial charge is 0.312 e. The van der Waals surface area contributed by atoms with Crippen LogP contribution >= 0.6 is 11.3 Å². The average Bonchev–Trinajstić information content (AvgIpc) is 3.07. The lowest BCUT2D eigenvalue weighted by Gasteiger charge is -2.16. The van der Waals surface area contributed by atoms with E-state index in [1.54, 1.807) is 7.11 Å². The minimum Gasteiger partial charge on any atom is -0.497 e. The van der Waals surface area contributed by atoms with Crippen molar-refractivity contribution in [3.8, 4) is 5.75 Å². The van der Waals surface area contributed by atoms with E-state index in [4.69, 9.17) is 10.5 Å². The summed E-state index contributed by atoms with van der Waals surface area (Å²) in [6.07, 6.45) is 0.139. The van der Waals surface area contributed by atoms with E-state index in [0.29, 0.717) is 6.54 Å². The molecule has 2 aromatic rings. The predicted molar refractivity (Wildman–Crippen MR) is 89.2 cm³/mol. The lowest BCUT2D eigenvalue weighted by atomic mass is 10.1. The molecule has 23 heavy (non-hydrogen) atoms. The van der Waals surface area contributed by atoms with Crippen LogP contribution in [-0.4, -0.2) is 19.0 Å². The van der Waals surface area contributed by atoms with Crippen LogP contribution in [0.3, 0.4) is 0 Å². The highest BCUT2D eigenvalue weighted by molar-refractivity contribution is 7.10. The van der Waals surface area contributed by atoms with Crippen molar-refractivity contribution in [1.82, 2.24) is 10.6 Å². The van der Waals surface area contributed by atoms with Crippen LogP contribution in [0.2, 0.25) is 0 Å². The van der Waals surface area contributed by atoms with Gasteiger partial charge in [0.25, 0.3) is 0 Å². The van der Waals surface area contributed by atoms with Crippen LogP contribution in [0.15, 0.2) is 41.8 Å². The third-order valence-corrected chi connectivity index (χ3v) is 4.23. The third-order valence-electron chi connectivity index (χ3n) is 3.24. The number of methoxy groups -OCH3 is 1. The number of benzene rings is 1. The predicted octanol–water partition coefficient (Wildman–Crippen LogP) is 2.17. The molecule has 0 aliphatic rings. The van der Waals surface area contributed by atoms with Gasteiger partial charge >= 0.3 is 6.03 Å². The SMILES string of the molecule is COc1ccc(CNC(=O)C[C@@H](NC(N)=O)c2cccs2)cc1. The van der Waals surface area contributed by atoms with Gasteiger partial charge in [0.1, 0.15) is 5.75 Å². The quantitative estimate of drug-likeness (QED) is 0.725. The van der Waals surface area contributed by atoms with Crippen LogP contribution in [-0.2, 0) is 11.3 Å². The van der Waals surface area contributed by atoms with Crippen molar-refractivity contribution < 1.29 is 14.3 Å². The van der Waals surface area contributed by atoms with Gasteiger partial charge in [0.15, 0.2) is 0 Å². The second-order valence-corrected chi connectivity index (χ2v) is 5.88. The first kappa shape index (κ1) is 16.8. The summed E-state index contributed by atoms with van der Waals surface area (Å²) in [7, 11) is 1.60. The molecule has 0 unspecified atom stereocenters. The topological polar surface area (TPSA) is 93.4 Å². The number of thiophene rings is 1.